The van der Waals surface area contributed by atoms with Crippen LogP contribution in [0.2, 0.25) is 0 Å². The molecule has 2 rings (SSSR count). The molecule has 1 saturated heterocycles. The van der Waals surface area contributed by atoms with Crippen LogP contribution in [0.15, 0.2) is 18.2 Å². The van der Waals surface area contributed by atoms with Gasteiger partial charge >= 0.3 is 0 Å². The molecule has 140 valence electrons. The number of nitro benzene ring substituents is 1. The third-order valence-corrected chi connectivity index (χ3v) is 4.24. The Morgan fingerprint density at radius 2 is 2.24 bits per heavy atom. The highest BCUT2D eigenvalue weighted by Crippen LogP contribution is 2.29. The van der Waals surface area contributed by atoms with Crippen LogP contribution < -0.4 is 15.4 Å². The molecule has 1 heterocycles. The van der Waals surface area contributed by atoms with Gasteiger partial charge in [0.25, 0.3) is 5.69 Å². The second-order valence-corrected chi connectivity index (χ2v) is 5.87. The summed E-state index contributed by atoms with van der Waals surface area (Å²) < 4.78 is 4.98. The van der Waals surface area contributed by atoms with E-state index < -0.39 is 4.92 Å². The average molecular weight is 373 g/mol. The normalized spacial score (nSPS) is 17.4. The number of nitrogens with one attached hydrogen (secondary N) is 2. The van der Waals surface area contributed by atoms with Crippen molar-refractivity contribution in [3.05, 3.63) is 28.3 Å². The van der Waals surface area contributed by atoms with E-state index in [-0.39, 0.29) is 29.7 Å². The van der Waals surface area contributed by atoms with Gasteiger partial charge in [-0.15, -0.1) is 12.4 Å². The number of nitro groups is 1. The van der Waals surface area contributed by atoms with E-state index in [1.165, 1.54) is 19.2 Å². The first-order valence-corrected chi connectivity index (χ1v) is 8.05. The summed E-state index contributed by atoms with van der Waals surface area (Å²) in [5.74, 6) is 0.154. The minimum Gasteiger partial charge on any atom is -0.496 e. The second kappa shape index (κ2) is 10.2. The quantitative estimate of drug-likeness (QED) is 0.561. The van der Waals surface area contributed by atoms with E-state index in [1.807, 2.05) is 7.05 Å². The summed E-state index contributed by atoms with van der Waals surface area (Å²) in [6.07, 6.45) is 2.56. The number of hydrogen-bond acceptors (Lipinski definition) is 6. The van der Waals surface area contributed by atoms with Gasteiger partial charge in [0.1, 0.15) is 11.4 Å². The number of nitrogens with zero attached hydrogens (tertiary/aromatic N) is 2. The number of benzene rings is 1. The number of ether oxygens (including phenoxy) is 1. The molecule has 9 heteroatoms. The number of carbonyl (C=O) groups is 1. The molecular formula is C16H25ClN4O4. The first-order chi connectivity index (χ1) is 11.5. The topological polar surface area (TPSA) is 96.7 Å². The van der Waals surface area contributed by atoms with Crippen molar-refractivity contribution < 1.29 is 14.5 Å². The molecule has 0 aromatic heterocycles. The van der Waals surface area contributed by atoms with E-state index in [0.717, 1.165) is 25.9 Å². The lowest BCUT2D eigenvalue weighted by Crippen LogP contribution is -2.45. The number of carbonyl (C=O) groups excluding carboxylic acids is 1. The minimum atomic E-state index is -0.527. The third-order valence-electron chi connectivity index (χ3n) is 4.24. The fourth-order valence-corrected chi connectivity index (χ4v) is 2.86. The van der Waals surface area contributed by atoms with E-state index >= 15 is 0 Å². The Kier molecular flexibility index (Phi) is 8.60. The molecule has 1 atom stereocenters. The van der Waals surface area contributed by atoms with Gasteiger partial charge in [-0.05, 0) is 38.6 Å². The number of hydrogen-bond donors (Lipinski definition) is 2. The molecule has 1 amide bonds. The summed E-state index contributed by atoms with van der Waals surface area (Å²) in [5, 5.41) is 17.0. The van der Waals surface area contributed by atoms with E-state index in [2.05, 4.69) is 15.5 Å². The van der Waals surface area contributed by atoms with Crippen LogP contribution in [0.1, 0.15) is 19.3 Å². The van der Waals surface area contributed by atoms with Crippen LogP contribution in [0.3, 0.4) is 0 Å². The number of rotatable bonds is 7. The molecule has 0 bridgehead atoms. The smallest absolute Gasteiger partial charge is 0.296 e. The van der Waals surface area contributed by atoms with Crippen molar-refractivity contribution in [2.24, 2.45) is 0 Å². The number of amides is 1. The number of likely N-dealkylation sites (N-methyl/N-ethyl adjacent to an activating group) is 1. The zero-order chi connectivity index (χ0) is 17.5. The van der Waals surface area contributed by atoms with Crippen molar-refractivity contribution in [1.82, 2.24) is 10.2 Å². The van der Waals surface area contributed by atoms with Crippen LogP contribution in [0.25, 0.3) is 0 Å². The second-order valence-electron chi connectivity index (χ2n) is 5.87. The van der Waals surface area contributed by atoms with Gasteiger partial charge in [-0.25, -0.2) is 0 Å². The van der Waals surface area contributed by atoms with Crippen molar-refractivity contribution in [2.75, 3.05) is 39.1 Å². The fourth-order valence-electron chi connectivity index (χ4n) is 2.86. The monoisotopic (exact) mass is 372 g/mol. The molecule has 1 unspecified atom stereocenters. The third kappa shape index (κ3) is 6.15. The number of methoxy groups -OCH3 is 1. The molecule has 0 radical (unpaired) electrons. The van der Waals surface area contributed by atoms with Crippen LogP contribution in [-0.2, 0) is 4.79 Å². The highest BCUT2D eigenvalue weighted by Gasteiger charge is 2.20. The number of likely N-dealkylation sites (tertiary alicyclic amines) is 1. The molecule has 1 aliphatic heterocycles. The lowest BCUT2D eigenvalue weighted by molar-refractivity contribution is -0.384. The lowest BCUT2D eigenvalue weighted by atomic mass is 10.1. The van der Waals surface area contributed by atoms with Crippen LogP contribution >= 0.6 is 12.4 Å². The van der Waals surface area contributed by atoms with Crippen molar-refractivity contribution in [3.63, 3.8) is 0 Å². The predicted molar refractivity (Wildman–Crippen MR) is 98.7 cm³/mol. The van der Waals surface area contributed by atoms with Crippen LogP contribution in [0, 0.1) is 10.1 Å². The van der Waals surface area contributed by atoms with Gasteiger partial charge in [0, 0.05) is 25.6 Å². The largest absolute Gasteiger partial charge is 0.496 e. The van der Waals surface area contributed by atoms with Crippen molar-refractivity contribution >= 4 is 29.7 Å². The highest BCUT2D eigenvalue weighted by atomic mass is 35.5. The Balaban J connectivity index is 0.00000312. The van der Waals surface area contributed by atoms with Gasteiger partial charge in [0.15, 0.2) is 0 Å². The summed E-state index contributed by atoms with van der Waals surface area (Å²) in [6, 6.07) is 4.85. The predicted octanol–water partition coefficient (Wildman–Crippen LogP) is 2.04. The summed E-state index contributed by atoms with van der Waals surface area (Å²) in [7, 11) is 3.39. The van der Waals surface area contributed by atoms with E-state index in [9.17, 15) is 14.9 Å². The van der Waals surface area contributed by atoms with Gasteiger partial charge in [0.2, 0.25) is 5.91 Å². The number of halogens is 1. The maximum absolute atomic E-state index is 12.1. The minimum absolute atomic E-state index is 0. The highest BCUT2D eigenvalue weighted by molar-refractivity contribution is 5.93. The molecule has 0 spiro atoms. The molecule has 25 heavy (non-hydrogen) atoms. The Bertz CT molecular complexity index is 599. The molecule has 0 aliphatic carbocycles. The zero-order valence-electron chi connectivity index (χ0n) is 14.5. The maximum atomic E-state index is 12.1. The first-order valence-electron chi connectivity index (χ1n) is 8.05. The van der Waals surface area contributed by atoms with E-state index in [0.29, 0.717) is 24.8 Å². The van der Waals surface area contributed by atoms with E-state index in [4.69, 9.17) is 4.74 Å². The number of anilines is 1. The van der Waals surface area contributed by atoms with Crippen molar-refractivity contribution in [2.45, 2.75) is 25.3 Å². The molecule has 1 aromatic carbocycles. The van der Waals surface area contributed by atoms with E-state index in [1.54, 1.807) is 6.07 Å². The van der Waals surface area contributed by atoms with Crippen LogP contribution in [0.5, 0.6) is 5.75 Å². The Morgan fingerprint density at radius 3 is 2.88 bits per heavy atom. The van der Waals surface area contributed by atoms with Gasteiger partial charge < -0.3 is 20.3 Å². The molecule has 1 aromatic rings. The standard InChI is InChI=1S/C16H24N4O4.ClH/c1-17-12-4-3-8-19(11-12)9-7-16(21)18-14-6-5-13(24-2)10-15(14)20(22)23;/h5-6,10,12,17H,3-4,7-9,11H2,1-2H3,(H,18,21);1H. The molecular weight excluding hydrogens is 348 g/mol. The Morgan fingerprint density at radius 1 is 1.48 bits per heavy atom. The molecule has 0 saturated carbocycles. The van der Waals surface area contributed by atoms with Gasteiger partial charge in [0.05, 0.1) is 18.1 Å². The molecule has 8 nitrogen and oxygen atoms in total. The Hall–Kier alpha value is -1.90. The molecule has 1 fully saturated rings. The van der Waals surface area contributed by atoms with Gasteiger partial charge in [-0.2, -0.15) is 0 Å². The fraction of sp³-hybridized carbons (Fsp3) is 0.562. The first kappa shape index (κ1) is 21.1. The van der Waals surface area contributed by atoms with Gasteiger partial charge in [-0.1, -0.05) is 0 Å². The lowest BCUT2D eigenvalue weighted by Gasteiger charge is -2.32. The van der Waals surface area contributed by atoms with Crippen molar-refractivity contribution in [1.29, 1.82) is 0 Å². The average Bonchev–Trinajstić information content (AvgIpc) is 2.60. The zero-order valence-corrected chi connectivity index (χ0v) is 15.3. The van der Waals surface area contributed by atoms with Crippen molar-refractivity contribution in [3.8, 4) is 5.75 Å². The number of piperidine rings is 1. The summed E-state index contributed by atoms with van der Waals surface area (Å²) in [5.41, 5.74) is 0.0217. The molecule has 1 aliphatic rings. The van der Waals surface area contributed by atoms with Gasteiger partial charge in [-0.3, -0.25) is 14.9 Å². The van der Waals surface area contributed by atoms with Crippen LogP contribution in [0.4, 0.5) is 11.4 Å². The summed E-state index contributed by atoms with van der Waals surface area (Å²) >= 11 is 0. The Labute approximate surface area is 153 Å². The maximum Gasteiger partial charge on any atom is 0.296 e. The van der Waals surface area contributed by atoms with Crippen LogP contribution in [-0.4, -0.2) is 55.6 Å². The SMILES string of the molecule is CNC1CCCN(CCC(=O)Nc2ccc(OC)cc2[N+](=O)[O-])C1.Cl. The summed E-state index contributed by atoms with van der Waals surface area (Å²) in [6.45, 7) is 2.55. The summed E-state index contributed by atoms with van der Waals surface area (Å²) in [4.78, 5) is 25.0. The molecule has 2 N–H and O–H groups in total.